The summed E-state index contributed by atoms with van der Waals surface area (Å²) in [5, 5.41) is 13.6. The summed E-state index contributed by atoms with van der Waals surface area (Å²) < 4.78 is 7.77. The first-order chi connectivity index (χ1) is 16.1. The van der Waals surface area contributed by atoms with Crippen LogP contribution in [0.25, 0.3) is 0 Å². The minimum Gasteiger partial charge on any atom is -0.486 e. The Morgan fingerprint density at radius 1 is 1.21 bits per heavy atom. The number of nitrogens with zero attached hydrogens (tertiary/aromatic N) is 4. The maximum atomic E-state index is 12.4. The lowest BCUT2D eigenvalue weighted by molar-refractivity contribution is 0.102. The fraction of sp³-hybridized carbons (Fsp3) is 0.250. The Kier molecular flexibility index (Phi) is 7.70. The summed E-state index contributed by atoms with van der Waals surface area (Å²) in [7, 11) is 0. The highest BCUT2D eigenvalue weighted by Crippen LogP contribution is 2.22. The van der Waals surface area contributed by atoms with Crippen LogP contribution in [0.4, 0.5) is 5.69 Å². The van der Waals surface area contributed by atoms with Gasteiger partial charge in [-0.25, -0.2) is 4.98 Å². The van der Waals surface area contributed by atoms with Gasteiger partial charge >= 0.3 is 0 Å². The van der Waals surface area contributed by atoms with Crippen LogP contribution in [0.3, 0.4) is 0 Å². The molecule has 170 valence electrons. The third-order valence-corrected chi connectivity index (χ3v) is 6.16. The molecule has 2 heterocycles. The summed E-state index contributed by atoms with van der Waals surface area (Å²) in [6, 6.07) is 13.2. The Morgan fingerprint density at radius 3 is 2.91 bits per heavy atom. The molecule has 0 spiro atoms. The van der Waals surface area contributed by atoms with Gasteiger partial charge in [-0.15, -0.1) is 16.4 Å². The first-order valence-corrected chi connectivity index (χ1v) is 11.9. The second-order valence-electron chi connectivity index (χ2n) is 7.59. The number of benzene rings is 2. The average Bonchev–Trinajstić information content (AvgIpc) is 3.49. The summed E-state index contributed by atoms with van der Waals surface area (Å²) in [5.41, 5.74) is 3.51. The zero-order valence-corrected chi connectivity index (χ0v) is 19.8. The fourth-order valence-electron chi connectivity index (χ4n) is 3.37. The van der Waals surface area contributed by atoms with Crippen molar-refractivity contribution in [1.82, 2.24) is 20.0 Å². The van der Waals surface area contributed by atoms with Crippen LogP contribution in [0.2, 0.25) is 5.02 Å². The summed E-state index contributed by atoms with van der Waals surface area (Å²) in [4.78, 5) is 16.8. The van der Waals surface area contributed by atoms with Crippen LogP contribution >= 0.6 is 22.9 Å². The molecule has 0 aliphatic heterocycles. The minimum absolute atomic E-state index is 0.274. The van der Waals surface area contributed by atoms with Gasteiger partial charge in [-0.05, 0) is 67.6 Å². The van der Waals surface area contributed by atoms with Gasteiger partial charge < -0.3 is 10.1 Å². The second-order valence-corrected chi connectivity index (χ2v) is 8.97. The van der Waals surface area contributed by atoms with E-state index in [1.54, 1.807) is 35.8 Å². The first-order valence-electron chi connectivity index (χ1n) is 10.6. The van der Waals surface area contributed by atoms with E-state index in [4.69, 9.17) is 16.3 Å². The Hall–Kier alpha value is -3.23. The molecule has 1 amide bonds. The van der Waals surface area contributed by atoms with Crippen LogP contribution in [0.1, 0.15) is 39.5 Å². The number of anilines is 1. The largest absolute Gasteiger partial charge is 0.486 e. The second kappa shape index (κ2) is 11.1. The summed E-state index contributed by atoms with van der Waals surface area (Å²) >= 11 is 7.36. The van der Waals surface area contributed by atoms with Gasteiger partial charge in [-0.3, -0.25) is 9.48 Å². The lowest BCUT2D eigenvalue weighted by Crippen LogP contribution is -2.12. The van der Waals surface area contributed by atoms with E-state index in [1.807, 2.05) is 23.0 Å². The average molecular weight is 482 g/mol. The number of hydrogen-bond donors (Lipinski definition) is 1. The molecule has 33 heavy (non-hydrogen) atoms. The van der Waals surface area contributed by atoms with Crippen molar-refractivity contribution in [3.8, 4) is 5.75 Å². The maximum Gasteiger partial charge on any atom is 0.275 e. The molecule has 0 saturated carbocycles. The number of carbonyl (C=O) groups is 1. The molecule has 2 aromatic carbocycles. The molecule has 7 nitrogen and oxygen atoms in total. The minimum atomic E-state index is -0.274. The number of thiazole rings is 1. The number of ether oxygens (including phenoxy) is 1. The molecule has 1 N–H and O–H groups in total. The van der Waals surface area contributed by atoms with Crippen molar-refractivity contribution in [3.05, 3.63) is 87.1 Å². The molecular formula is C24H24ClN5O2S. The van der Waals surface area contributed by atoms with E-state index in [1.165, 1.54) is 22.5 Å². The van der Waals surface area contributed by atoms with Crippen LogP contribution in [-0.4, -0.2) is 25.9 Å². The lowest BCUT2D eigenvalue weighted by atomic mass is 10.0. The predicted molar refractivity (Wildman–Crippen MR) is 130 cm³/mol. The zero-order chi connectivity index (χ0) is 23.0. The SMILES string of the molecule is Cc1cc(OCc2nc(C(=O)Nc3cccc(Cl)c3)cs2)ccc1CCCCn1ccnn1. The quantitative estimate of drug-likeness (QED) is 0.300. The van der Waals surface area contributed by atoms with Crippen molar-refractivity contribution in [3.63, 3.8) is 0 Å². The smallest absolute Gasteiger partial charge is 0.275 e. The summed E-state index contributed by atoms with van der Waals surface area (Å²) in [5.74, 6) is 0.516. The van der Waals surface area contributed by atoms with Crippen LogP contribution in [0.5, 0.6) is 5.75 Å². The summed E-state index contributed by atoms with van der Waals surface area (Å²) in [6.45, 7) is 3.29. The van der Waals surface area contributed by atoms with Gasteiger partial charge in [-0.2, -0.15) is 0 Å². The number of amides is 1. The predicted octanol–water partition coefficient (Wildman–Crippen LogP) is 5.55. The standard InChI is InChI=1S/C24H24ClN5O2S/c1-17-13-21(9-8-18(17)5-2-3-11-30-12-10-26-29-30)32-15-23-28-22(16-33-23)24(31)27-20-7-4-6-19(25)14-20/h4,6-10,12-14,16H,2-3,5,11,15H2,1H3,(H,27,31). The molecule has 4 rings (SSSR count). The number of unbranched alkanes of at least 4 members (excludes halogenated alkanes) is 1. The first kappa shape index (κ1) is 22.9. The van der Waals surface area contributed by atoms with Crippen molar-refractivity contribution in [2.75, 3.05) is 5.32 Å². The molecule has 0 bridgehead atoms. The molecule has 0 saturated heterocycles. The number of halogens is 1. The molecule has 0 fully saturated rings. The molecule has 0 atom stereocenters. The Labute approximate surface area is 201 Å². The Bertz CT molecular complexity index is 1210. The molecular weight excluding hydrogens is 458 g/mol. The van der Waals surface area contributed by atoms with E-state index in [0.29, 0.717) is 23.0 Å². The molecule has 9 heteroatoms. The molecule has 2 aromatic heterocycles. The topological polar surface area (TPSA) is 81.9 Å². The number of aryl methyl sites for hydroxylation is 3. The maximum absolute atomic E-state index is 12.4. The van der Waals surface area contributed by atoms with E-state index in [0.717, 1.165) is 36.6 Å². The Balaban J connectivity index is 1.25. The van der Waals surface area contributed by atoms with Gasteiger partial charge in [0.15, 0.2) is 0 Å². The van der Waals surface area contributed by atoms with Crippen molar-refractivity contribution >= 4 is 34.5 Å². The monoisotopic (exact) mass is 481 g/mol. The van der Waals surface area contributed by atoms with Crippen LogP contribution in [0, 0.1) is 6.92 Å². The molecule has 0 unspecified atom stereocenters. The number of aromatic nitrogens is 4. The Morgan fingerprint density at radius 2 is 2.12 bits per heavy atom. The van der Waals surface area contributed by atoms with Crippen molar-refractivity contribution in [1.29, 1.82) is 0 Å². The number of nitrogens with one attached hydrogen (secondary N) is 1. The highest BCUT2D eigenvalue weighted by atomic mass is 35.5. The van der Waals surface area contributed by atoms with Crippen LogP contribution in [0.15, 0.2) is 60.2 Å². The highest BCUT2D eigenvalue weighted by Gasteiger charge is 2.12. The van der Waals surface area contributed by atoms with Gasteiger partial charge in [0, 0.05) is 28.8 Å². The van der Waals surface area contributed by atoms with Gasteiger partial charge in [0.05, 0.1) is 6.20 Å². The molecule has 4 aromatic rings. The summed E-state index contributed by atoms with van der Waals surface area (Å²) in [6.07, 6.45) is 6.73. The van der Waals surface area contributed by atoms with E-state index >= 15 is 0 Å². The van der Waals surface area contributed by atoms with Gasteiger partial charge in [0.1, 0.15) is 23.1 Å². The normalized spacial score (nSPS) is 10.8. The van der Waals surface area contributed by atoms with Crippen molar-refractivity contribution in [2.45, 2.75) is 39.3 Å². The van der Waals surface area contributed by atoms with Gasteiger partial charge in [0.25, 0.3) is 5.91 Å². The molecule has 0 aliphatic carbocycles. The van der Waals surface area contributed by atoms with Gasteiger partial charge in [0.2, 0.25) is 0 Å². The van der Waals surface area contributed by atoms with Crippen LogP contribution in [-0.2, 0) is 19.6 Å². The van der Waals surface area contributed by atoms with E-state index in [9.17, 15) is 4.79 Å². The fourth-order valence-corrected chi connectivity index (χ4v) is 4.24. The zero-order valence-electron chi connectivity index (χ0n) is 18.2. The van der Waals surface area contributed by atoms with Gasteiger partial charge in [-0.1, -0.05) is 28.9 Å². The molecule has 0 aliphatic rings. The van der Waals surface area contributed by atoms with E-state index in [-0.39, 0.29) is 5.91 Å². The lowest BCUT2D eigenvalue weighted by Gasteiger charge is -2.10. The third kappa shape index (κ3) is 6.63. The number of carbonyl (C=O) groups excluding carboxylic acids is 1. The van der Waals surface area contributed by atoms with Crippen molar-refractivity contribution < 1.29 is 9.53 Å². The van der Waals surface area contributed by atoms with Crippen molar-refractivity contribution in [2.24, 2.45) is 0 Å². The highest BCUT2D eigenvalue weighted by molar-refractivity contribution is 7.09. The van der Waals surface area contributed by atoms with E-state index in [2.05, 4.69) is 33.6 Å². The number of rotatable bonds is 10. The molecule has 0 radical (unpaired) electrons. The number of hydrogen-bond acceptors (Lipinski definition) is 6. The third-order valence-electron chi connectivity index (χ3n) is 5.10. The van der Waals surface area contributed by atoms with E-state index < -0.39 is 0 Å². The van der Waals surface area contributed by atoms with Crippen LogP contribution < -0.4 is 10.1 Å².